The van der Waals surface area contributed by atoms with E-state index in [1.165, 1.54) is 19.2 Å². The number of sulfonamides is 1. The van der Waals surface area contributed by atoms with Gasteiger partial charge in [-0.15, -0.1) is 0 Å². The van der Waals surface area contributed by atoms with E-state index in [-0.39, 0.29) is 23.9 Å². The third-order valence-corrected chi connectivity index (χ3v) is 5.80. The minimum Gasteiger partial charge on any atom is -0.481 e. The van der Waals surface area contributed by atoms with E-state index >= 15 is 0 Å². The number of ether oxygens (including phenoxy) is 2. The van der Waals surface area contributed by atoms with Crippen molar-refractivity contribution in [2.24, 2.45) is 0 Å². The van der Waals surface area contributed by atoms with Crippen LogP contribution in [0.5, 0.6) is 5.75 Å². The molecule has 0 spiro atoms. The number of hydrogen-bond acceptors (Lipinski definition) is 5. The fourth-order valence-corrected chi connectivity index (χ4v) is 3.53. The molecule has 0 saturated carbocycles. The van der Waals surface area contributed by atoms with Gasteiger partial charge in [0, 0.05) is 24.7 Å². The molecular formula is C19H23BrN2O5S. The van der Waals surface area contributed by atoms with Crippen LogP contribution in [-0.2, 0) is 26.1 Å². The second kappa shape index (κ2) is 10.6. The molecule has 9 heteroatoms. The van der Waals surface area contributed by atoms with E-state index in [4.69, 9.17) is 9.47 Å². The maximum Gasteiger partial charge on any atom is 0.261 e. The van der Waals surface area contributed by atoms with Gasteiger partial charge < -0.3 is 14.8 Å². The van der Waals surface area contributed by atoms with Gasteiger partial charge in [0.2, 0.25) is 10.0 Å². The van der Waals surface area contributed by atoms with Crippen LogP contribution in [0, 0.1) is 0 Å². The Kier molecular flexibility index (Phi) is 8.43. The van der Waals surface area contributed by atoms with Crippen molar-refractivity contribution in [3.05, 3.63) is 58.6 Å². The average Bonchev–Trinajstić information content (AvgIpc) is 2.68. The summed E-state index contributed by atoms with van der Waals surface area (Å²) in [6, 6.07) is 13.5. The predicted octanol–water partition coefficient (Wildman–Crippen LogP) is 2.46. The standard InChI is InChI=1S/C19H23BrN2O5S/c1-14(27-17-7-5-16(20)6-8-17)19(23)21-13-15-3-9-18(10-4-15)28(24,25)22-11-12-26-2/h3-10,14,22H,11-13H2,1-2H3,(H,21,23). The van der Waals surface area contributed by atoms with Crippen LogP contribution in [0.1, 0.15) is 12.5 Å². The van der Waals surface area contributed by atoms with Crippen molar-refractivity contribution < 1.29 is 22.7 Å². The first-order valence-corrected chi connectivity index (χ1v) is 10.9. The van der Waals surface area contributed by atoms with Crippen LogP contribution in [0.25, 0.3) is 0 Å². The number of methoxy groups -OCH3 is 1. The number of amides is 1. The second-order valence-corrected chi connectivity index (χ2v) is 8.65. The fraction of sp³-hybridized carbons (Fsp3) is 0.316. The first kappa shape index (κ1) is 22.4. The molecule has 28 heavy (non-hydrogen) atoms. The topological polar surface area (TPSA) is 93.7 Å². The molecule has 0 aliphatic heterocycles. The lowest BCUT2D eigenvalue weighted by molar-refractivity contribution is -0.127. The van der Waals surface area contributed by atoms with Crippen molar-refractivity contribution in [1.82, 2.24) is 10.0 Å². The molecule has 0 aliphatic carbocycles. The zero-order valence-corrected chi connectivity index (χ0v) is 18.0. The van der Waals surface area contributed by atoms with E-state index in [9.17, 15) is 13.2 Å². The van der Waals surface area contributed by atoms with Crippen LogP contribution in [0.2, 0.25) is 0 Å². The molecule has 0 saturated heterocycles. The molecule has 2 N–H and O–H groups in total. The lowest BCUT2D eigenvalue weighted by atomic mass is 10.2. The monoisotopic (exact) mass is 470 g/mol. The van der Waals surface area contributed by atoms with Gasteiger partial charge in [-0.1, -0.05) is 28.1 Å². The molecule has 7 nitrogen and oxygen atoms in total. The smallest absolute Gasteiger partial charge is 0.261 e. The SMILES string of the molecule is COCCNS(=O)(=O)c1ccc(CNC(=O)C(C)Oc2ccc(Br)cc2)cc1. The summed E-state index contributed by atoms with van der Waals surface area (Å²) in [5, 5.41) is 2.78. The number of carbonyl (C=O) groups is 1. The molecule has 0 heterocycles. The Morgan fingerprint density at radius 1 is 1.11 bits per heavy atom. The van der Waals surface area contributed by atoms with Crippen LogP contribution in [-0.4, -0.2) is 40.7 Å². The second-order valence-electron chi connectivity index (χ2n) is 5.97. The van der Waals surface area contributed by atoms with Crippen molar-refractivity contribution in [3.8, 4) is 5.75 Å². The molecule has 0 aromatic heterocycles. The maximum absolute atomic E-state index is 12.2. The van der Waals surface area contributed by atoms with Crippen LogP contribution < -0.4 is 14.8 Å². The summed E-state index contributed by atoms with van der Waals surface area (Å²) >= 11 is 3.34. The first-order valence-electron chi connectivity index (χ1n) is 8.59. The summed E-state index contributed by atoms with van der Waals surface area (Å²) < 4.78 is 38.0. The number of hydrogen-bond donors (Lipinski definition) is 2. The molecule has 0 bridgehead atoms. The summed E-state index contributed by atoms with van der Waals surface area (Å²) in [5.74, 6) is 0.335. The van der Waals surface area contributed by atoms with Gasteiger partial charge in [-0.2, -0.15) is 0 Å². The molecule has 2 aromatic rings. The van der Waals surface area contributed by atoms with Crippen molar-refractivity contribution in [2.45, 2.75) is 24.5 Å². The largest absolute Gasteiger partial charge is 0.481 e. The lowest BCUT2D eigenvalue weighted by Gasteiger charge is -2.15. The van der Waals surface area contributed by atoms with Gasteiger partial charge in [-0.05, 0) is 48.9 Å². The molecule has 2 rings (SSSR count). The molecule has 152 valence electrons. The predicted molar refractivity (Wildman–Crippen MR) is 110 cm³/mol. The Labute approximate surface area is 173 Å². The number of nitrogens with one attached hydrogen (secondary N) is 2. The Bertz CT molecular complexity index is 870. The molecule has 0 radical (unpaired) electrons. The van der Waals surface area contributed by atoms with Crippen molar-refractivity contribution >= 4 is 31.9 Å². The minimum atomic E-state index is -3.57. The Morgan fingerprint density at radius 2 is 1.75 bits per heavy atom. The van der Waals surface area contributed by atoms with Gasteiger partial charge >= 0.3 is 0 Å². The summed E-state index contributed by atoms with van der Waals surface area (Å²) in [7, 11) is -2.07. The molecular weight excluding hydrogens is 448 g/mol. The molecule has 0 fully saturated rings. The highest BCUT2D eigenvalue weighted by Crippen LogP contribution is 2.17. The number of rotatable bonds is 10. The van der Waals surface area contributed by atoms with Gasteiger partial charge in [0.1, 0.15) is 5.75 Å². The third kappa shape index (κ3) is 6.90. The van der Waals surface area contributed by atoms with Crippen LogP contribution in [0.4, 0.5) is 0 Å². The zero-order valence-electron chi connectivity index (χ0n) is 15.6. The van der Waals surface area contributed by atoms with Crippen molar-refractivity contribution in [3.63, 3.8) is 0 Å². The van der Waals surface area contributed by atoms with E-state index < -0.39 is 16.1 Å². The van der Waals surface area contributed by atoms with Crippen LogP contribution in [0.3, 0.4) is 0 Å². The highest BCUT2D eigenvalue weighted by Gasteiger charge is 2.15. The number of halogens is 1. The normalized spacial score (nSPS) is 12.4. The highest BCUT2D eigenvalue weighted by molar-refractivity contribution is 9.10. The van der Waals surface area contributed by atoms with Crippen LogP contribution >= 0.6 is 15.9 Å². The Hall–Kier alpha value is -1.94. The Balaban J connectivity index is 1.86. The average molecular weight is 471 g/mol. The highest BCUT2D eigenvalue weighted by atomic mass is 79.9. The van der Waals surface area contributed by atoms with Crippen molar-refractivity contribution in [1.29, 1.82) is 0 Å². The van der Waals surface area contributed by atoms with Gasteiger partial charge in [-0.25, -0.2) is 13.1 Å². The molecule has 2 aromatic carbocycles. The van der Waals surface area contributed by atoms with Gasteiger partial charge in [-0.3, -0.25) is 4.79 Å². The summed E-state index contributed by atoms with van der Waals surface area (Å²) in [6.45, 7) is 2.43. The molecule has 1 unspecified atom stereocenters. The van der Waals surface area contributed by atoms with E-state index in [2.05, 4.69) is 26.0 Å². The van der Waals surface area contributed by atoms with E-state index in [1.807, 2.05) is 12.1 Å². The zero-order chi connectivity index (χ0) is 20.6. The number of carbonyl (C=O) groups excluding carboxylic acids is 1. The first-order chi connectivity index (χ1) is 13.3. The van der Waals surface area contributed by atoms with Crippen LogP contribution in [0.15, 0.2) is 57.9 Å². The third-order valence-electron chi connectivity index (χ3n) is 3.79. The minimum absolute atomic E-state index is 0.158. The quantitative estimate of drug-likeness (QED) is 0.520. The molecule has 1 atom stereocenters. The number of benzene rings is 2. The molecule has 1 amide bonds. The van der Waals surface area contributed by atoms with Gasteiger partial charge in [0.15, 0.2) is 6.10 Å². The Morgan fingerprint density at radius 3 is 2.36 bits per heavy atom. The van der Waals surface area contributed by atoms with Gasteiger partial charge in [0.05, 0.1) is 11.5 Å². The fourth-order valence-electron chi connectivity index (χ4n) is 2.25. The van der Waals surface area contributed by atoms with E-state index in [0.29, 0.717) is 12.4 Å². The lowest BCUT2D eigenvalue weighted by Crippen LogP contribution is -2.35. The summed E-state index contributed by atoms with van der Waals surface area (Å²) in [4.78, 5) is 12.4. The van der Waals surface area contributed by atoms with Gasteiger partial charge in [0.25, 0.3) is 5.91 Å². The van der Waals surface area contributed by atoms with E-state index in [1.54, 1.807) is 31.2 Å². The maximum atomic E-state index is 12.2. The van der Waals surface area contributed by atoms with E-state index in [0.717, 1.165) is 10.0 Å². The summed E-state index contributed by atoms with van der Waals surface area (Å²) in [5.41, 5.74) is 0.778. The summed E-state index contributed by atoms with van der Waals surface area (Å²) in [6.07, 6.45) is -0.661. The van der Waals surface area contributed by atoms with Crippen molar-refractivity contribution in [2.75, 3.05) is 20.3 Å². The molecule has 0 aliphatic rings.